The average molecular weight is 376 g/mol. The highest BCUT2D eigenvalue weighted by Crippen LogP contribution is 2.44. The Morgan fingerprint density at radius 3 is 2.42 bits per heavy atom. The van der Waals surface area contributed by atoms with E-state index >= 15 is 0 Å². The molecule has 0 bridgehead atoms. The molecule has 2 fully saturated rings. The van der Waals surface area contributed by atoms with Crippen molar-refractivity contribution in [2.45, 2.75) is 31.7 Å². The van der Waals surface area contributed by atoms with Crippen molar-refractivity contribution in [3.63, 3.8) is 0 Å². The van der Waals surface area contributed by atoms with Crippen molar-refractivity contribution in [1.29, 1.82) is 5.26 Å². The Bertz CT molecular complexity index is 582. The minimum atomic E-state index is -0.632. The molecule has 2 aliphatic rings. The second-order valence-corrected chi connectivity index (χ2v) is 6.24. The molecule has 0 aromatic heterocycles. The van der Waals surface area contributed by atoms with Crippen LogP contribution in [0.25, 0.3) is 0 Å². The van der Waals surface area contributed by atoms with E-state index in [1.54, 1.807) is 0 Å². The van der Waals surface area contributed by atoms with Gasteiger partial charge in [-0.2, -0.15) is 5.26 Å². The van der Waals surface area contributed by atoms with E-state index in [-0.39, 0.29) is 36.6 Å². The molecule has 0 radical (unpaired) electrons. The molecule has 7 heteroatoms. The van der Waals surface area contributed by atoms with Gasteiger partial charge < -0.3 is 10.4 Å². The number of halogens is 3. The molecule has 134 valence electrons. The van der Waals surface area contributed by atoms with E-state index in [0.717, 1.165) is 39.0 Å². The minimum Gasteiger partial charge on any atom is -0.505 e. The van der Waals surface area contributed by atoms with E-state index < -0.39 is 5.82 Å². The summed E-state index contributed by atoms with van der Waals surface area (Å²) in [6.45, 7) is 3.51. The topological polar surface area (TPSA) is 59.3 Å². The van der Waals surface area contributed by atoms with E-state index in [0.29, 0.717) is 17.0 Å². The zero-order chi connectivity index (χ0) is 15.5. The van der Waals surface area contributed by atoms with Crippen molar-refractivity contribution in [2.24, 2.45) is 5.92 Å². The Morgan fingerprint density at radius 2 is 1.83 bits per heavy atom. The van der Waals surface area contributed by atoms with E-state index in [4.69, 9.17) is 0 Å². The fourth-order valence-electron chi connectivity index (χ4n) is 3.93. The summed E-state index contributed by atoms with van der Waals surface area (Å²) in [6, 6.07) is 4.75. The average Bonchev–Trinajstić information content (AvgIpc) is 3.07. The van der Waals surface area contributed by atoms with Gasteiger partial charge in [-0.25, -0.2) is 4.39 Å². The molecule has 1 saturated heterocycles. The van der Waals surface area contributed by atoms with Crippen LogP contribution in [-0.4, -0.2) is 36.2 Å². The molecule has 1 atom stereocenters. The molecule has 0 spiro atoms. The molecule has 4 nitrogen and oxygen atoms in total. The Morgan fingerprint density at radius 1 is 1.21 bits per heavy atom. The largest absolute Gasteiger partial charge is 0.505 e. The van der Waals surface area contributed by atoms with Crippen LogP contribution in [0.1, 0.15) is 42.9 Å². The smallest absolute Gasteiger partial charge is 0.165 e. The number of phenols is 1. The van der Waals surface area contributed by atoms with E-state index in [1.807, 2.05) is 0 Å². The van der Waals surface area contributed by atoms with Crippen LogP contribution in [0.2, 0.25) is 0 Å². The quantitative estimate of drug-likeness (QED) is 0.849. The van der Waals surface area contributed by atoms with Crippen LogP contribution in [0.5, 0.6) is 5.75 Å². The third-order valence-electron chi connectivity index (χ3n) is 4.98. The molecule has 3 rings (SSSR count). The van der Waals surface area contributed by atoms with Crippen molar-refractivity contribution in [3.8, 4) is 11.8 Å². The first-order valence-electron chi connectivity index (χ1n) is 8.08. The summed E-state index contributed by atoms with van der Waals surface area (Å²) in [6.07, 6.45) is 4.50. The van der Waals surface area contributed by atoms with Gasteiger partial charge >= 0.3 is 0 Å². The van der Waals surface area contributed by atoms with Gasteiger partial charge in [0.15, 0.2) is 11.6 Å². The Hall–Kier alpha value is -1.06. The van der Waals surface area contributed by atoms with Crippen molar-refractivity contribution in [2.75, 3.05) is 26.2 Å². The van der Waals surface area contributed by atoms with Crippen LogP contribution >= 0.6 is 24.8 Å². The molecule has 1 heterocycles. The lowest BCUT2D eigenvalue weighted by Crippen LogP contribution is -2.47. The summed E-state index contributed by atoms with van der Waals surface area (Å²) in [5.74, 6) is -0.584. The molecular weight excluding hydrogens is 352 g/mol. The van der Waals surface area contributed by atoms with Crippen molar-refractivity contribution < 1.29 is 9.50 Å². The van der Waals surface area contributed by atoms with Gasteiger partial charge in [0.25, 0.3) is 0 Å². The van der Waals surface area contributed by atoms with Crippen LogP contribution in [0.4, 0.5) is 4.39 Å². The number of nitriles is 1. The number of nitrogens with one attached hydrogen (secondary N) is 1. The maximum atomic E-state index is 13.9. The predicted octanol–water partition coefficient (Wildman–Crippen LogP) is 3.38. The van der Waals surface area contributed by atoms with E-state index in [2.05, 4.69) is 16.3 Å². The summed E-state index contributed by atoms with van der Waals surface area (Å²) in [7, 11) is 0. The molecule has 1 aliphatic carbocycles. The summed E-state index contributed by atoms with van der Waals surface area (Å²) in [5, 5.41) is 23.0. The van der Waals surface area contributed by atoms with Gasteiger partial charge in [0, 0.05) is 37.8 Å². The maximum absolute atomic E-state index is 13.9. The summed E-state index contributed by atoms with van der Waals surface area (Å²) in [5.41, 5.74) is 0.894. The summed E-state index contributed by atoms with van der Waals surface area (Å²) < 4.78 is 13.9. The fourth-order valence-corrected chi connectivity index (χ4v) is 3.93. The first kappa shape index (κ1) is 21.0. The highest BCUT2D eigenvalue weighted by atomic mass is 35.5. The summed E-state index contributed by atoms with van der Waals surface area (Å²) in [4.78, 5) is 2.31. The zero-order valence-corrected chi connectivity index (χ0v) is 15.1. The zero-order valence-electron chi connectivity index (χ0n) is 13.5. The van der Waals surface area contributed by atoms with Gasteiger partial charge in [0.05, 0.1) is 11.6 Å². The SMILES string of the molecule is Cl.Cl.N#Cc1ccc(F)c(O)c1[C@H](C1CCCC1)N1CCNCC1. The standard InChI is InChI=1S/C17H22FN3O.2ClH/c18-14-6-5-13(11-19)15(17(14)22)16(12-3-1-2-4-12)21-9-7-20-8-10-21;;/h5-6,12,16,20,22H,1-4,7-10H2;2*1H/t16-;;/m0../s1. The lowest BCUT2D eigenvalue weighted by atomic mass is 9.86. The molecular formula is C17H24Cl2FN3O. The highest BCUT2D eigenvalue weighted by Gasteiger charge is 2.35. The van der Waals surface area contributed by atoms with E-state index in [9.17, 15) is 14.8 Å². The molecule has 1 aromatic rings. The lowest BCUT2D eigenvalue weighted by molar-refractivity contribution is 0.122. The second kappa shape index (κ2) is 9.43. The van der Waals surface area contributed by atoms with Crippen LogP contribution in [-0.2, 0) is 0 Å². The van der Waals surface area contributed by atoms with Gasteiger partial charge in [0.2, 0.25) is 0 Å². The summed E-state index contributed by atoms with van der Waals surface area (Å²) >= 11 is 0. The first-order valence-corrected chi connectivity index (χ1v) is 8.08. The van der Waals surface area contributed by atoms with Gasteiger partial charge in [-0.3, -0.25) is 4.90 Å². The molecule has 24 heavy (non-hydrogen) atoms. The Labute approximate surface area is 154 Å². The van der Waals surface area contributed by atoms with Crippen LogP contribution in [0.15, 0.2) is 12.1 Å². The maximum Gasteiger partial charge on any atom is 0.165 e. The number of nitrogens with zero attached hydrogens (tertiary/aromatic N) is 2. The number of hydrogen-bond donors (Lipinski definition) is 2. The number of phenolic OH excluding ortho intramolecular Hbond substituents is 1. The number of benzene rings is 1. The second-order valence-electron chi connectivity index (χ2n) is 6.24. The van der Waals surface area contributed by atoms with Crippen LogP contribution in [0.3, 0.4) is 0 Å². The van der Waals surface area contributed by atoms with Gasteiger partial charge in [-0.1, -0.05) is 12.8 Å². The molecule has 0 amide bonds. The Balaban J connectivity index is 0.00000144. The van der Waals surface area contributed by atoms with Crippen LogP contribution in [0, 0.1) is 23.1 Å². The van der Waals surface area contributed by atoms with Gasteiger partial charge in [0.1, 0.15) is 0 Å². The van der Waals surface area contributed by atoms with Crippen molar-refractivity contribution in [3.05, 3.63) is 29.1 Å². The van der Waals surface area contributed by atoms with Crippen molar-refractivity contribution >= 4 is 24.8 Å². The molecule has 2 N–H and O–H groups in total. The number of aromatic hydroxyl groups is 1. The van der Waals surface area contributed by atoms with Crippen LogP contribution < -0.4 is 5.32 Å². The Kier molecular flexibility index (Phi) is 8.24. The number of piperazine rings is 1. The molecule has 1 aliphatic heterocycles. The molecule has 1 saturated carbocycles. The number of rotatable bonds is 3. The monoisotopic (exact) mass is 375 g/mol. The molecule has 1 aromatic carbocycles. The number of hydrogen-bond acceptors (Lipinski definition) is 4. The normalized spacial score (nSPS) is 19.8. The highest BCUT2D eigenvalue weighted by molar-refractivity contribution is 5.85. The molecule has 0 unspecified atom stereocenters. The van der Waals surface area contributed by atoms with Crippen molar-refractivity contribution in [1.82, 2.24) is 10.2 Å². The van der Waals surface area contributed by atoms with Gasteiger partial charge in [-0.15, -0.1) is 24.8 Å². The third-order valence-corrected chi connectivity index (χ3v) is 4.98. The third kappa shape index (κ3) is 4.12. The van der Waals surface area contributed by atoms with Gasteiger partial charge in [-0.05, 0) is 30.9 Å². The first-order chi connectivity index (χ1) is 10.7. The lowest BCUT2D eigenvalue weighted by Gasteiger charge is -2.39. The van der Waals surface area contributed by atoms with E-state index in [1.165, 1.54) is 25.0 Å². The fraction of sp³-hybridized carbons (Fsp3) is 0.588. The minimum absolute atomic E-state index is 0. The predicted molar refractivity (Wildman–Crippen MR) is 96.4 cm³/mol.